The summed E-state index contributed by atoms with van der Waals surface area (Å²) in [5.74, 6) is 0. The van der Waals surface area contributed by atoms with Gasteiger partial charge in [0.2, 0.25) is 0 Å². The zero-order chi connectivity index (χ0) is 20.1. The van der Waals surface area contributed by atoms with Crippen molar-refractivity contribution in [3.8, 4) is 0 Å². The highest BCUT2D eigenvalue weighted by Gasteiger charge is 2.13. The molecule has 0 aliphatic heterocycles. The van der Waals surface area contributed by atoms with Gasteiger partial charge in [0.1, 0.15) is 0 Å². The zero-order valence-corrected chi connectivity index (χ0v) is 17.6. The van der Waals surface area contributed by atoms with Gasteiger partial charge in [-0.2, -0.15) is 0 Å². The Morgan fingerprint density at radius 2 is 1.00 bits per heavy atom. The third-order valence-corrected chi connectivity index (χ3v) is 5.12. The van der Waals surface area contributed by atoms with Gasteiger partial charge in [0, 0.05) is 39.6 Å². The fraction of sp³-hybridized carbons (Fsp3) is 0.231. The molecule has 144 valence electrons. The van der Waals surface area contributed by atoms with Gasteiger partial charge in [-0.15, -0.1) is 0 Å². The van der Waals surface area contributed by atoms with Gasteiger partial charge < -0.3 is 9.80 Å². The Bertz CT molecular complexity index is 865. The first-order valence-corrected chi connectivity index (χ1v) is 9.85. The van der Waals surface area contributed by atoms with Gasteiger partial charge in [-0.05, 0) is 58.5 Å². The van der Waals surface area contributed by atoms with Crippen LogP contribution < -0.4 is 9.80 Å². The molecular formula is C26H30N2. The lowest BCUT2D eigenvalue weighted by Gasteiger charge is -2.19. The summed E-state index contributed by atoms with van der Waals surface area (Å²) < 4.78 is 0. The minimum atomic E-state index is 0.976. The fourth-order valence-electron chi connectivity index (χ4n) is 3.53. The van der Waals surface area contributed by atoms with Gasteiger partial charge in [-0.25, -0.2) is 0 Å². The third-order valence-electron chi connectivity index (χ3n) is 5.12. The second-order valence-electron chi connectivity index (χ2n) is 7.46. The number of allylic oxidation sites excluding steroid dienone is 1. The Morgan fingerprint density at radius 1 is 0.571 bits per heavy atom. The molecule has 0 atom stereocenters. The largest absolute Gasteiger partial charge is 0.378 e. The molecule has 0 heterocycles. The molecule has 0 saturated carbocycles. The van der Waals surface area contributed by atoms with Crippen molar-refractivity contribution in [2.75, 3.05) is 38.0 Å². The van der Waals surface area contributed by atoms with E-state index in [0.717, 1.165) is 6.42 Å². The van der Waals surface area contributed by atoms with Gasteiger partial charge >= 0.3 is 0 Å². The van der Waals surface area contributed by atoms with Gasteiger partial charge in [0.25, 0.3) is 0 Å². The summed E-state index contributed by atoms with van der Waals surface area (Å²) in [6.45, 7) is 2.24. The molecule has 0 spiro atoms. The Morgan fingerprint density at radius 3 is 1.36 bits per heavy atom. The normalized spacial score (nSPS) is 10.5. The van der Waals surface area contributed by atoms with Crippen molar-refractivity contribution in [2.45, 2.75) is 13.3 Å². The van der Waals surface area contributed by atoms with Gasteiger partial charge in [0.15, 0.2) is 0 Å². The Hall–Kier alpha value is -3.00. The zero-order valence-electron chi connectivity index (χ0n) is 17.6. The Balaban J connectivity index is 2.19. The SMILES string of the molecule is CCC(=C(c1ccc(N(C)C)cc1)c1ccc(N(C)C)cc1)c1ccccc1. The van der Waals surface area contributed by atoms with Crippen LogP contribution in [0.5, 0.6) is 0 Å². The van der Waals surface area contributed by atoms with Crippen molar-refractivity contribution in [3.63, 3.8) is 0 Å². The van der Waals surface area contributed by atoms with Gasteiger partial charge in [-0.3, -0.25) is 0 Å². The van der Waals surface area contributed by atoms with Crippen LogP contribution in [0.25, 0.3) is 11.1 Å². The topological polar surface area (TPSA) is 6.48 Å². The van der Waals surface area contributed by atoms with E-state index in [-0.39, 0.29) is 0 Å². The first-order valence-electron chi connectivity index (χ1n) is 9.85. The standard InChI is InChI=1S/C26H30N2/c1-6-25(20-10-8-7-9-11-20)26(21-12-16-23(17-13-21)27(2)3)22-14-18-24(19-15-22)28(4)5/h7-19H,6H2,1-5H3. The highest BCUT2D eigenvalue weighted by atomic mass is 15.1. The van der Waals surface area contributed by atoms with Crippen molar-refractivity contribution < 1.29 is 0 Å². The molecule has 2 nitrogen and oxygen atoms in total. The Labute approximate surface area is 169 Å². The van der Waals surface area contributed by atoms with E-state index in [1.165, 1.54) is 39.2 Å². The number of anilines is 2. The average Bonchev–Trinajstić information content (AvgIpc) is 2.72. The number of rotatable bonds is 6. The molecule has 0 fully saturated rings. The van der Waals surface area contributed by atoms with E-state index in [1.54, 1.807) is 0 Å². The Kier molecular flexibility index (Phi) is 6.20. The van der Waals surface area contributed by atoms with Crippen LogP contribution in [-0.2, 0) is 0 Å². The minimum Gasteiger partial charge on any atom is -0.378 e. The molecule has 0 aromatic heterocycles. The van der Waals surface area contributed by atoms with Crippen molar-refractivity contribution in [2.24, 2.45) is 0 Å². The quantitative estimate of drug-likeness (QED) is 0.478. The predicted octanol–water partition coefficient (Wildman–Crippen LogP) is 6.19. The maximum absolute atomic E-state index is 2.24. The molecule has 0 bridgehead atoms. The summed E-state index contributed by atoms with van der Waals surface area (Å²) in [4.78, 5) is 4.27. The maximum atomic E-state index is 2.24. The maximum Gasteiger partial charge on any atom is 0.0361 e. The second kappa shape index (κ2) is 8.79. The van der Waals surface area contributed by atoms with Crippen molar-refractivity contribution >= 4 is 22.5 Å². The molecule has 0 N–H and O–H groups in total. The second-order valence-corrected chi connectivity index (χ2v) is 7.46. The number of hydrogen-bond donors (Lipinski definition) is 0. The summed E-state index contributed by atoms with van der Waals surface area (Å²) in [5.41, 5.74) is 8.90. The van der Waals surface area contributed by atoms with Gasteiger partial charge in [0.05, 0.1) is 0 Å². The van der Waals surface area contributed by atoms with E-state index in [4.69, 9.17) is 0 Å². The third kappa shape index (κ3) is 4.28. The molecule has 0 saturated heterocycles. The summed E-state index contributed by atoms with van der Waals surface area (Å²) in [5, 5.41) is 0. The van der Waals surface area contributed by atoms with Gasteiger partial charge in [-0.1, -0.05) is 61.5 Å². The van der Waals surface area contributed by atoms with Crippen LogP contribution >= 0.6 is 0 Å². The lowest BCUT2D eigenvalue weighted by Crippen LogP contribution is -2.08. The van der Waals surface area contributed by atoms with E-state index in [1.807, 2.05) is 0 Å². The monoisotopic (exact) mass is 370 g/mol. The average molecular weight is 371 g/mol. The van der Waals surface area contributed by atoms with E-state index >= 15 is 0 Å². The summed E-state index contributed by atoms with van der Waals surface area (Å²) in [6.07, 6.45) is 0.976. The fourth-order valence-corrected chi connectivity index (χ4v) is 3.53. The molecule has 3 rings (SSSR count). The summed E-state index contributed by atoms with van der Waals surface area (Å²) in [6, 6.07) is 28.5. The number of hydrogen-bond acceptors (Lipinski definition) is 2. The first kappa shape index (κ1) is 19.8. The molecule has 3 aromatic carbocycles. The van der Waals surface area contributed by atoms with E-state index < -0.39 is 0 Å². The van der Waals surface area contributed by atoms with Crippen LogP contribution in [0.2, 0.25) is 0 Å². The van der Waals surface area contributed by atoms with Crippen LogP contribution in [-0.4, -0.2) is 28.2 Å². The lowest BCUT2D eigenvalue weighted by molar-refractivity contribution is 1.13. The lowest BCUT2D eigenvalue weighted by atomic mass is 9.88. The molecule has 28 heavy (non-hydrogen) atoms. The first-order chi connectivity index (χ1) is 13.5. The highest BCUT2D eigenvalue weighted by Crippen LogP contribution is 2.35. The molecule has 0 radical (unpaired) electrons. The van der Waals surface area contributed by atoms with E-state index in [2.05, 4.69) is 124 Å². The molecule has 0 aliphatic rings. The summed E-state index contributed by atoms with van der Waals surface area (Å²) in [7, 11) is 8.31. The minimum absolute atomic E-state index is 0.976. The molecule has 0 aliphatic carbocycles. The van der Waals surface area contributed by atoms with Crippen LogP contribution in [0.15, 0.2) is 78.9 Å². The highest BCUT2D eigenvalue weighted by molar-refractivity contribution is 5.98. The van der Waals surface area contributed by atoms with Crippen molar-refractivity contribution in [1.82, 2.24) is 0 Å². The number of benzene rings is 3. The predicted molar refractivity (Wildman–Crippen MR) is 124 cm³/mol. The molecule has 2 heteroatoms. The molecule has 0 amide bonds. The van der Waals surface area contributed by atoms with Crippen LogP contribution in [0.1, 0.15) is 30.0 Å². The van der Waals surface area contributed by atoms with E-state index in [9.17, 15) is 0 Å². The molecule has 3 aromatic rings. The summed E-state index contributed by atoms with van der Waals surface area (Å²) >= 11 is 0. The van der Waals surface area contributed by atoms with E-state index in [0.29, 0.717) is 0 Å². The van der Waals surface area contributed by atoms with Crippen LogP contribution in [0.3, 0.4) is 0 Å². The molecule has 0 unspecified atom stereocenters. The van der Waals surface area contributed by atoms with Crippen molar-refractivity contribution in [1.29, 1.82) is 0 Å². The van der Waals surface area contributed by atoms with Crippen molar-refractivity contribution in [3.05, 3.63) is 95.6 Å². The van der Waals surface area contributed by atoms with Crippen LogP contribution in [0.4, 0.5) is 11.4 Å². The number of nitrogens with zero attached hydrogens (tertiary/aromatic N) is 2. The smallest absolute Gasteiger partial charge is 0.0361 e. The van der Waals surface area contributed by atoms with Crippen LogP contribution in [0, 0.1) is 0 Å². The molecular weight excluding hydrogens is 340 g/mol.